The van der Waals surface area contributed by atoms with Gasteiger partial charge >= 0.3 is 0 Å². The first-order chi connectivity index (χ1) is 14.2. The maximum absolute atomic E-state index is 14.4. The van der Waals surface area contributed by atoms with E-state index in [4.69, 9.17) is 4.74 Å². The van der Waals surface area contributed by atoms with Gasteiger partial charge in [-0.3, -0.25) is 0 Å². The molecule has 0 N–H and O–H groups in total. The molecule has 3 aromatic carbocycles. The van der Waals surface area contributed by atoms with Crippen molar-refractivity contribution in [3.63, 3.8) is 0 Å². The van der Waals surface area contributed by atoms with Crippen LogP contribution in [0.4, 0.5) is 4.39 Å². The second-order valence-electron chi connectivity index (χ2n) is 8.23. The average Bonchev–Trinajstić information content (AvgIpc) is 2.78. The summed E-state index contributed by atoms with van der Waals surface area (Å²) in [4.78, 5) is 0. The first-order valence-electron chi connectivity index (χ1n) is 10.6. The zero-order valence-electron chi connectivity index (χ0n) is 17.2. The van der Waals surface area contributed by atoms with Crippen LogP contribution in [0, 0.1) is 11.7 Å². The fraction of sp³-hybridized carbons (Fsp3) is 0.333. The van der Waals surface area contributed by atoms with Crippen LogP contribution >= 0.6 is 0 Å². The molecule has 0 bridgehead atoms. The molecule has 0 unspecified atom stereocenters. The predicted molar refractivity (Wildman–Crippen MR) is 119 cm³/mol. The van der Waals surface area contributed by atoms with Gasteiger partial charge < -0.3 is 4.74 Å². The standard InChI is InChI=1S/C27H29FO/c1-3-19-6-11-22(12-7-19)23-13-8-20(9-14-23)4-5-21-10-16-25-24(18-21)15-17-26(29-2)27(25)28/h3,8-10,13-19,22H,1,4-7,11-12H2,2H3. The first-order valence-corrected chi connectivity index (χ1v) is 10.6. The quantitative estimate of drug-likeness (QED) is 0.405. The maximum Gasteiger partial charge on any atom is 0.172 e. The van der Waals surface area contributed by atoms with E-state index in [2.05, 4.69) is 43.0 Å². The number of ether oxygens (including phenoxy) is 1. The van der Waals surface area contributed by atoms with Crippen molar-refractivity contribution in [2.45, 2.75) is 44.4 Å². The Kier molecular flexibility index (Phi) is 5.99. The third-order valence-electron chi connectivity index (χ3n) is 6.46. The van der Waals surface area contributed by atoms with E-state index in [1.54, 1.807) is 6.07 Å². The van der Waals surface area contributed by atoms with Crippen LogP contribution in [-0.2, 0) is 12.8 Å². The van der Waals surface area contributed by atoms with E-state index in [-0.39, 0.29) is 5.82 Å². The van der Waals surface area contributed by atoms with Gasteiger partial charge in [-0.2, -0.15) is 0 Å². The van der Waals surface area contributed by atoms with Crippen LogP contribution in [-0.4, -0.2) is 7.11 Å². The molecule has 0 heterocycles. The Bertz CT molecular complexity index is 981. The van der Waals surface area contributed by atoms with Crippen LogP contribution in [0.15, 0.2) is 67.3 Å². The summed E-state index contributed by atoms with van der Waals surface area (Å²) in [5.41, 5.74) is 4.06. The lowest BCUT2D eigenvalue weighted by atomic mass is 9.78. The van der Waals surface area contributed by atoms with Crippen molar-refractivity contribution < 1.29 is 9.13 Å². The van der Waals surface area contributed by atoms with Gasteiger partial charge in [0.15, 0.2) is 11.6 Å². The first kappa shape index (κ1) is 19.7. The Labute approximate surface area is 173 Å². The molecule has 29 heavy (non-hydrogen) atoms. The number of halogens is 1. The molecule has 2 heteroatoms. The fourth-order valence-electron chi connectivity index (χ4n) is 4.57. The minimum Gasteiger partial charge on any atom is -0.494 e. The lowest BCUT2D eigenvalue weighted by Gasteiger charge is -2.27. The predicted octanol–water partition coefficient (Wildman–Crippen LogP) is 7.23. The van der Waals surface area contributed by atoms with Gasteiger partial charge in [0.1, 0.15) is 0 Å². The number of methoxy groups -OCH3 is 1. The van der Waals surface area contributed by atoms with E-state index < -0.39 is 0 Å². The Balaban J connectivity index is 1.39. The molecule has 0 aliphatic heterocycles. The lowest BCUT2D eigenvalue weighted by molar-refractivity contribution is 0.376. The molecule has 0 aromatic heterocycles. The van der Waals surface area contributed by atoms with Gasteiger partial charge in [0, 0.05) is 5.39 Å². The van der Waals surface area contributed by atoms with E-state index in [0.29, 0.717) is 23.0 Å². The van der Waals surface area contributed by atoms with Crippen LogP contribution < -0.4 is 4.74 Å². The van der Waals surface area contributed by atoms with Crippen molar-refractivity contribution in [1.82, 2.24) is 0 Å². The van der Waals surface area contributed by atoms with Gasteiger partial charge in [-0.1, -0.05) is 54.6 Å². The van der Waals surface area contributed by atoms with Crippen LogP contribution in [0.1, 0.15) is 48.3 Å². The maximum atomic E-state index is 14.4. The normalized spacial score (nSPS) is 19.2. The number of allylic oxidation sites excluding steroid dienone is 1. The Hall–Kier alpha value is -2.61. The SMILES string of the molecule is C=CC1CCC(c2ccc(CCc3ccc4c(F)c(OC)ccc4c3)cc2)CC1. The number of hydrogen-bond donors (Lipinski definition) is 0. The molecule has 1 aliphatic rings. The third kappa shape index (κ3) is 4.37. The monoisotopic (exact) mass is 388 g/mol. The summed E-state index contributed by atoms with van der Waals surface area (Å²) in [7, 11) is 1.50. The zero-order valence-corrected chi connectivity index (χ0v) is 17.2. The number of aryl methyl sites for hydroxylation is 2. The number of benzene rings is 3. The number of rotatable bonds is 6. The molecule has 1 aliphatic carbocycles. The van der Waals surface area contributed by atoms with Crippen LogP contribution in [0.3, 0.4) is 0 Å². The van der Waals surface area contributed by atoms with Crippen LogP contribution in [0.25, 0.3) is 10.8 Å². The highest BCUT2D eigenvalue weighted by molar-refractivity contribution is 5.85. The minimum atomic E-state index is -0.283. The molecule has 4 rings (SSSR count). The molecule has 0 radical (unpaired) electrons. The number of fused-ring (bicyclic) bond motifs is 1. The summed E-state index contributed by atoms with van der Waals surface area (Å²) in [6.45, 7) is 3.94. The highest BCUT2D eigenvalue weighted by Crippen LogP contribution is 2.36. The Morgan fingerprint density at radius 1 is 0.931 bits per heavy atom. The second-order valence-corrected chi connectivity index (χ2v) is 8.23. The molecule has 1 fully saturated rings. The molecular formula is C27H29FO. The molecule has 0 spiro atoms. The van der Waals surface area contributed by atoms with Crippen molar-refractivity contribution in [2.75, 3.05) is 7.11 Å². The largest absolute Gasteiger partial charge is 0.494 e. The second kappa shape index (κ2) is 8.82. The average molecular weight is 389 g/mol. The fourth-order valence-corrected chi connectivity index (χ4v) is 4.57. The molecule has 3 aromatic rings. The van der Waals surface area contributed by atoms with Crippen LogP contribution in [0.5, 0.6) is 5.75 Å². The highest BCUT2D eigenvalue weighted by atomic mass is 19.1. The summed E-state index contributed by atoms with van der Waals surface area (Å²) in [6, 6.07) is 18.8. The van der Waals surface area contributed by atoms with Gasteiger partial charge in [-0.25, -0.2) is 4.39 Å². The minimum absolute atomic E-state index is 0.283. The Morgan fingerprint density at radius 2 is 1.62 bits per heavy atom. The van der Waals surface area contributed by atoms with Gasteiger partial charge in [-0.05, 0) is 78.5 Å². The van der Waals surface area contributed by atoms with Gasteiger partial charge in [0.25, 0.3) is 0 Å². The molecule has 150 valence electrons. The summed E-state index contributed by atoms with van der Waals surface area (Å²) >= 11 is 0. The smallest absolute Gasteiger partial charge is 0.172 e. The van der Waals surface area contributed by atoms with E-state index in [1.165, 1.54) is 49.5 Å². The highest BCUT2D eigenvalue weighted by Gasteiger charge is 2.20. The third-order valence-corrected chi connectivity index (χ3v) is 6.46. The van der Waals surface area contributed by atoms with Crippen molar-refractivity contribution in [1.29, 1.82) is 0 Å². The summed E-state index contributed by atoms with van der Waals surface area (Å²) in [6.07, 6.45) is 9.15. The topological polar surface area (TPSA) is 9.23 Å². The van der Waals surface area contributed by atoms with E-state index in [0.717, 1.165) is 18.2 Å². The molecular weight excluding hydrogens is 359 g/mol. The Morgan fingerprint density at radius 3 is 2.31 bits per heavy atom. The number of hydrogen-bond acceptors (Lipinski definition) is 1. The van der Waals surface area contributed by atoms with Crippen molar-refractivity contribution in [3.8, 4) is 5.75 Å². The van der Waals surface area contributed by atoms with E-state index in [1.807, 2.05) is 18.2 Å². The van der Waals surface area contributed by atoms with Crippen molar-refractivity contribution in [2.24, 2.45) is 5.92 Å². The molecule has 1 saturated carbocycles. The molecule has 0 amide bonds. The van der Waals surface area contributed by atoms with Gasteiger partial charge in [-0.15, -0.1) is 6.58 Å². The molecule has 0 atom stereocenters. The molecule has 1 nitrogen and oxygen atoms in total. The summed E-state index contributed by atoms with van der Waals surface area (Å²) in [5, 5.41) is 1.54. The van der Waals surface area contributed by atoms with Gasteiger partial charge in [0.2, 0.25) is 0 Å². The van der Waals surface area contributed by atoms with E-state index >= 15 is 0 Å². The van der Waals surface area contributed by atoms with E-state index in [9.17, 15) is 4.39 Å². The zero-order chi connectivity index (χ0) is 20.2. The van der Waals surface area contributed by atoms with Crippen molar-refractivity contribution >= 4 is 10.8 Å². The van der Waals surface area contributed by atoms with Crippen molar-refractivity contribution in [3.05, 3.63) is 89.8 Å². The van der Waals surface area contributed by atoms with Gasteiger partial charge in [0.05, 0.1) is 7.11 Å². The summed E-state index contributed by atoms with van der Waals surface area (Å²) < 4.78 is 19.4. The van der Waals surface area contributed by atoms with Crippen LogP contribution in [0.2, 0.25) is 0 Å². The molecule has 0 saturated heterocycles. The summed E-state index contributed by atoms with van der Waals surface area (Å²) in [5.74, 6) is 1.42. The lowest BCUT2D eigenvalue weighted by Crippen LogP contribution is -2.11.